The van der Waals surface area contributed by atoms with E-state index in [-0.39, 0.29) is 18.1 Å². The number of benzene rings is 2. The quantitative estimate of drug-likeness (QED) is 0.625. The zero-order chi connectivity index (χ0) is 21.8. The highest BCUT2D eigenvalue weighted by molar-refractivity contribution is 5.76. The Hall–Kier alpha value is -3.10. The van der Waals surface area contributed by atoms with Crippen LogP contribution in [-0.4, -0.2) is 54.5 Å². The number of para-hydroxylation sites is 1. The van der Waals surface area contributed by atoms with E-state index in [1.807, 2.05) is 25.1 Å². The minimum Gasteiger partial charge on any atom is -0.493 e. The van der Waals surface area contributed by atoms with Gasteiger partial charge in [-0.05, 0) is 36.8 Å². The lowest BCUT2D eigenvalue weighted by molar-refractivity contribution is 0.0118. The highest BCUT2D eigenvalue weighted by atomic mass is 16.5. The monoisotopic (exact) mass is 425 g/mol. The third kappa shape index (κ3) is 4.35. The first kappa shape index (κ1) is 21.1. The summed E-state index contributed by atoms with van der Waals surface area (Å²) in [6, 6.07) is 12.6. The molecular formula is C23H27N3O5. The molecule has 0 amide bonds. The van der Waals surface area contributed by atoms with Gasteiger partial charge in [0, 0.05) is 13.1 Å². The first-order valence-electron chi connectivity index (χ1n) is 10.5. The van der Waals surface area contributed by atoms with Gasteiger partial charge < -0.3 is 19.2 Å². The molecule has 0 aliphatic carbocycles. The number of H-pyrrole nitrogens is 1. The lowest BCUT2D eigenvalue weighted by Crippen LogP contribution is -2.44. The SMILES string of the molecule is CCOc1ccc([C@H](Cn2c(=O)[nH]c3ccccc3c2=O)N2CCOCC2)cc1OC. The molecule has 2 heterocycles. The van der Waals surface area contributed by atoms with Gasteiger partial charge in [-0.25, -0.2) is 4.79 Å². The minimum atomic E-state index is -0.417. The standard InChI is InChI=1S/C23H27N3O5/c1-3-31-20-9-8-16(14-21(20)29-2)19(25-10-12-30-13-11-25)15-26-22(27)17-6-4-5-7-18(17)24-23(26)28/h4-9,14,19H,3,10-13,15H2,1-2H3,(H,24,28)/t19-/m0/s1. The summed E-state index contributed by atoms with van der Waals surface area (Å²) in [5, 5.41) is 0.493. The van der Waals surface area contributed by atoms with E-state index in [0.717, 1.165) is 5.56 Å². The summed E-state index contributed by atoms with van der Waals surface area (Å²) in [5.41, 5.74) is 0.774. The summed E-state index contributed by atoms with van der Waals surface area (Å²) in [5.74, 6) is 1.28. The highest BCUT2D eigenvalue weighted by Crippen LogP contribution is 2.33. The van der Waals surface area contributed by atoms with Crippen molar-refractivity contribution >= 4 is 10.9 Å². The molecule has 1 aliphatic heterocycles. The zero-order valence-electron chi connectivity index (χ0n) is 17.8. The van der Waals surface area contributed by atoms with E-state index in [4.69, 9.17) is 14.2 Å². The van der Waals surface area contributed by atoms with Crippen molar-refractivity contribution in [3.8, 4) is 11.5 Å². The number of hydrogen-bond acceptors (Lipinski definition) is 6. The number of aromatic amines is 1. The van der Waals surface area contributed by atoms with Gasteiger partial charge in [0.05, 0.1) is 50.4 Å². The van der Waals surface area contributed by atoms with E-state index >= 15 is 0 Å². The fourth-order valence-electron chi connectivity index (χ4n) is 4.02. The van der Waals surface area contributed by atoms with Gasteiger partial charge >= 0.3 is 5.69 Å². The molecule has 2 aromatic carbocycles. The van der Waals surface area contributed by atoms with Gasteiger partial charge in [0.15, 0.2) is 11.5 Å². The summed E-state index contributed by atoms with van der Waals surface area (Å²) >= 11 is 0. The van der Waals surface area contributed by atoms with Crippen LogP contribution in [0.5, 0.6) is 11.5 Å². The molecule has 1 fully saturated rings. The summed E-state index contributed by atoms with van der Waals surface area (Å²) in [6.07, 6.45) is 0. The van der Waals surface area contributed by atoms with Crippen LogP contribution in [0.4, 0.5) is 0 Å². The number of hydrogen-bond donors (Lipinski definition) is 1. The molecule has 31 heavy (non-hydrogen) atoms. The molecule has 0 bridgehead atoms. The van der Waals surface area contributed by atoms with Crippen LogP contribution in [0.2, 0.25) is 0 Å². The Morgan fingerprint density at radius 1 is 1.10 bits per heavy atom. The molecule has 1 saturated heterocycles. The molecule has 1 atom stereocenters. The maximum absolute atomic E-state index is 13.1. The first-order valence-corrected chi connectivity index (χ1v) is 10.5. The third-order valence-electron chi connectivity index (χ3n) is 5.60. The zero-order valence-corrected chi connectivity index (χ0v) is 17.8. The molecule has 3 aromatic rings. The fourth-order valence-corrected chi connectivity index (χ4v) is 4.02. The Morgan fingerprint density at radius 2 is 1.87 bits per heavy atom. The second kappa shape index (κ2) is 9.36. The van der Waals surface area contributed by atoms with E-state index in [1.165, 1.54) is 4.57 Å². The maximum Gasteiger partial charge on any atom is 0.328 e. The number of fused-ring (bicyclic) bond motifs is 1. The van der Waals surface area contributed by atoms with Crippen molar-refractivity contribution in [1.29, 1.82) is 0 Å². The summed E-state index contributed by atoms with van der Waals surface area (Å²) in [7, 11) is 1.60. The van der Waals surface area contributed by atoms with Crippen LogP contribution in [0.25, 0.3) is 10.9 Å². The van der Waals surface area contributed by atoms with E-state index in [1.54, 1.807) is 31.4 Å². The number of rotatable bonds is 7. The van der Waals surface area contributed by atoms with Gasteiger partial charge in [0.25, 0.3) is 5.56 Å². The molecule has 0 unspecified atom stereocenters. The molecule has 8 heteroatoms. The predicted octanol–water partition coefficient (Wildman–Crippen LogP) is 2.17. The topological polar surface area (TPSA) is 85.8 Å². The molecular weight excluding hydrogens is 398 g/mol. The van der Waals surface area contributed by atoms with E-state index in [2.05, 4.69) is 9.88 Å². The van der Waals surface area contributed by atoms with Crippen molar-refractivity contribution in [2.45, 2.75) is 19.5 Å². The van der Waals surface area contributed by atoms with Crippen molar-refractivity contribution in [2.75, 3.05) is 40.0 Å². The number of morpholine rings is 1. The van der Waals surface area contributed by atoms with Gasteiger partial charge in [-0.2, -0.15) is 0 Å². The average molecular weight is 425 g/mol. The van der Waals surface area contributed by atoms with Crippen molar-refractivity contribution in [1.82, 2.24) is 14.5 Å². The maximum atomic E-state index is 13.1. The Balaban J connectivity index is 1.77. The Kier molecular flexibility index (Phi) is 6.39. The molecule has 0 saturated carbocycles. The number of nitrogens with one attached hydrogen (secondary N) is 1. The van der Waals surface area contributed by atoms with Crippen molar-refractivity contribution in [3.05, 3.63) is 68.9 Å². The van der Waals surface area contributed by atoms with Crippen molar-refractivity contribution < 1.29 is 14.2 Å². The largest absolute Gasteiger partial charge is 0.493 e. The Bertz CT molecular complexity index is 1160. The van der Waals surface area contributed by atoms with Gasteiger partial charge in [0.1, 0.15) is 0 Å². The molecule has 0 radical (unpaired) electrons. The summed E-state index contributed by atoms with van der Waals surface area (Å²) in [4.78, 5) is 31.0. The number of methoxy groups -OCH3 is 1. The Labute approximate surface area is 180 Å². The van der Waals surface area contributed by atoms with Crippen LogP contribution in [0.15, 0.2) is 52.1 Å². The molecule has 4 rings (SSSR count). The normalized spacial score (nSPS) is 15.7. The highest BCUT2D eigenvalue weighted by Gasteiger charge is 2.26. The second-order valence-corrected chi connectivity index (χ2v) is 7.40. The molecule has 164 valence electrons. The van der Waals surface area contributed by atoms with Gasteiger partial charge in [-0.15, -0.1) is 0 Å². The second-order valence-electron chi connectivity index (χ2n) is 7.40. The average Bonchev–Trinajstić information content (AvgIpc) is 2.80. The summed E-state index contributed by atoms with van der Waals surface area (Å²) < 4.78 is 18.0. The van der Waals surface area contributed by atoms with Gasteiger partial charge in [0.2, 0.25) is 0 Å². The van der Waals surface area contributed by atoms with Gasteiger partial charge in [-0.1, -0.05) is 18.2 Å². The summed E-state index contributed by atoms with van der Waals surface area (Å²) in [6.45, 7) is 5.30. The van der Waals surface area contributed by atoms with E-state index in [0.29, 0.717) is 55.3 Å². The molecule has 0 spiro atoms. The van der Waals surface area contributed by atoms with Crippen LogP contribution >= 0.6 is 0 Å². The number of ether oxygens (including phenoxy) is 3. The molecule has 1 aromatic heterocycles. The van der Waals surface area contributed by atoms with Gasteiger partial charge in [-0.3, -0.25) is 14.3 Å². The first-order chi connectivity index (χ1) is 15.1. The van der Waals surface area contributed by atoms with Crippen LogP contribution in [0, 0.1) is 0 Å². The van der Waals surface area contributed by atoms with Crippen LogP contribution < -0.4 is 20.7 Å². The molecule has 8 nitrogen and oxygen atoms in total. The van der Waals surface area contributed by atoms with E-state index < -0.39 is 5.69 Å². The lowest BCUT2D eigenvalue weighted by Gasteiger charge is -2.35. The van der Waals surface area contributed by atoms with Crippen LogP contribution in [-0.2, 0) is 11.3 Å². The Morgan fingerprint density at radius 3 is 2.61 bits per heavy atom. The molecule has 1 aliphatic rings. The van der Waals surface area contributed by atoms with Crippen LogP contribution in [0.3, 0.4) is 0 Å². The number of aromatic nitrogens is 2. The number of nitrogens with zero attached hydrogens (tertiary/aromatic N) is 2. The fraction of sp³-hybridized carbons (Fsp3) is 0.391. The predicted molar refractivity (Wildman–Crippen MR) is 118 cm³/mol. The molecule has 1 N–H and O–H groups in total. The van der Waals surface area contributed by atoms with Crippen LogP contribution in [0.1, 0.15) is 18.5 Å². The minimum absolute atomic E-state index is 0.201. The lowest BCUT2D eigenvalue weighted by atomic mass is 10.0. The van der Waals surface area contributed by atoms with E-state index in [9.17, 15) is 9.59 Å². The van der Waals surface area contributed by atoms with Crippen molar-refractivity contribution in [3.63, 3.8) is 0 Å². The third-order valence-corrected chi connectivity index (χ3v) is 5.60. The van der Waals surface area contributed by atoms with Crippen molar-refractivity contribution in [2.24, 2.45) is 0 Å². The smallest absolute Gasteiger partial charge is 0.328 e.